The number of fused-ring (bicyclic) bond motifs is 1. The van der Waals surface area contributed by atoms with Gasteiger partial charge < -0.3 is 4.42 Å². The third-order valence-corrected chi connectivity index (χ3v) is 4.65. The lowest BCUT2D eigenvalue weighted by atomic mass is 10.1. The van der Waals surface area contributed by atoms with E-state index in [4.69, 9.17) is 4.42 Å². The molecule has 0 aliphatic rings. The summed E-state index contributed by atoms with van der Waals surface area (Å²) in [6.45, 7) is 0. The molecule has 0 atom stereocenters. The van der Waals surface area contributed by atoms with Crippen LogP contribution < -0.4 is 11.1 Å². The molecular weight excluding hydrogens is 380 g/mol. The van der Waals surface area contributed by atoms with Gasteiger partial charge in [-0.05, 0) is 29.8 Å². The summed E-state index contributed by atoms with van der Waals surface area (Å²) in [5.74, 6) is 0. The maximum atomic E-state index is 12.2. The zero-order valence-corrected chi connectivity index (χ0v) is 15.1. The van der Waals surface area contributed by atoms with Gasteiger partial charge in [-0.25, -0.2) is 9.78 Å². The van der Waals surface area contributed by atoms with Gasteiger partial charge in [-0.2, -0.15) is 5.10 Å². The lowest BCUT2D eigenvalue weighted by Gasteiger charge is -1.99. The Morgan fingerprint density at radius 3 is 2.75 bits per heavy atom. The van der Waals surface area contributed by atoms with Crippen LogP contribution in [0, 0.1) is 10.1 Å². The zero-order chi connectivity index (χ0) is 19.5. The van der Waals surface area contributed by atoms with Crippen LogP contribution >= 0.6 is 11.3 Å². The summed E-state index contributed by atoms with van der Waals surface area (Å²) < 4.78 is 5.33. The number of hydrogen-bond donors (Lipinski definition) is 1. The summed E-state index contributed by atoms with van der Waals surface area (Å²) >= 11 is 1.29. The molecule has 0 aliphatic carbocycles. The van der Waals surface area contributed by atoms with E-state index < -0.39 is 10.5 Å². The number of anilines is 1. The number of hydrogen-bond acceptors (Lipinski definition) is 8. The van der Waals surface area contributed by atoms with Gasteiger partial charge in [-0.15, -0.1) is 11.3 Å². The van der Waals surface area contributed by atoms with Gasteiger partial charge in [0.05, 0.1) is 22.4 Å². The number of aromatic nitrogens is 1. The quantitative estimate of drug-likeness (QED) is 0.235. The van der Waals surface area contributed by atoms with Gasteiger partial charge in [0.15, 0.2) is 0 Å². The average molecular weight is 392 g/mol. The van der Waals surface area contributed by atoms with Crippen molar-refractivity contribution in [1.29, 1.82) is 0 Å². The zero-order valence-electron chi connectivity index (χ0n) is 14.2. The Balaban J connectivity index is 1.51. The first-order chi connectivity index (χ1) is 13.6. The van der Waals surface area contributed by atoms with Crippen molar-refractivity contribution in [2.75, 3.05) is 5.43 Å². The summed E-state index contributed by atoms with van der Waals surface area (Å²) in [5.41, 5.74) is 4.45. The van der Waals surface area contributed by atoms with Gasteiger partial charge >= 0.3 is 5.63 Å². The number of para-hydroxylation sites is 1. The Bertz CT molecular complexity index is 1240. The second kappa shape index (κ2) is 7.41. The maximum Gasteiger partial charge on any atom is 0.345 e. The van der Waals surface area contributed by atoms with Crippen LogP contribution in [0.25, 0.3) is 22.2 Å². The molecule has 2 aromatic heterocycles. The van der Waals surface area contributed by atoms with Gasteiger partial charge in [0.2, 0.25) is 5.13 Å². The van der Waals surface area contributed by atoms with Crippen LogP contribution in [0.1, 0.15) is 5.56 Å². The standard InChI is InChI=1S/C19H12N4O4S/c24-18-15(9-13-3-1-2-4-17(13)27-18)16-11-28-19(21-16)22-20-10-12-5-7-14(8-6-12)23(25)26/h1-11H,(H,21,22). The predicted octanol–water partition coefficient (Wildman–Crippen LogP) is 4.27. The van der Waals surface area contributed by atoms with E-state index in [9.17, 15) is 14.9 Å². The van der Waals surface area contributed by atoms with E-state index in [0.717, 1.165) is 5.39 Å². The van der Waals surface area contributed by atoms with Crippen LogP contribution in [-0.4, -0.2) is 16.1 Å². The molecule has 0 bridgehead atoms. The molecule has 138 valence electrons. The maximum absolute atomic E-state index is 12.2. The number of nitro benzene ring substituents is 1. The second-order valence-electron chi connectivity index (χ2n) is 5.74. The minimum absolute atomic E-state index is 0.0175. The molecule has 0 unspecified atom stereocenters. The smallest absolute Gasteiger partial charge is 0.345 e. The minimum atomic E-state index is -0.459. The molecule has 1 N–H and O–H groups in total. The van der Waals surface area contributed by atoms with Crippen molar-refractivity contribution in [3.05, 3.63) is 86.1 Å². The minimum Gasteiger partial charge on any atom is -0.422 e. The molecule has 9 heteroatoms. The number of nitro groups is 1. The molecule has 2 heterocycles. The number of thiazole rings is 1. The van der Waals surface area contributed by atoms with Crippen LogP contribution in [0.15, 0.2) is 74.3 Å². The predicted molar refractivity (Wildman–Crippen MR) is 108 cm³/mol. The van der Waals surface area contributed by atoms with Crippen LogP contribution in [0.4, 0.5) is 10.8 Å². The topological polar surface area (TPSA) is 111 Å². The normalized spacial score (nSPS) is 11.1. The van der Waals surface area contributed by atoms with Crippen molar-refractivity contribution in [3.63, 3.8) is 0 Å². The molecule has 4 aromatic rings. The van der Waals surface area contributed by atoms with E-state index in [0.29, 0.717) is 27.5 Å². The lowest BCUT2D eigenvalue weighted by Crippen LogP contribution is -2.02. The van der Waals surface area contributed by atoms with Gasteiger partial charge in [-0.3, -0.25) is 15.5 Å². The second-order valence-corrected chi connectivity index (χ2v) is 6.60. The third kappa shape index (κ3) is 3.64. The molecule has 0 spiro atoms. The molecule has 0 amide bonds. The SMILES string of the molecule is O=c1oc2ccccc2cc1-c1csc(NN=Cc2ccc([N+](=O)[O-])cc2)n1. The molecular formula is C19H12N4O4S. The molecule has 0 aliphatic heterocycles. The van der Waals surface area contributed by atoms with E-state index in [2.05, 4.69) is 15.5 Å². The summed E-state index contributed by atoms with van der Waals surface area (Å²) in [6.07, 6.45) is 1.52. The molecule has 0 saturated carbocycles. The first-order valence-corrected chi connectivity index (χ1v) is 9.00. The molecule has 28 heavy (non-hydrogen) atoms. The Morgan fingerprint density at radius 1 is 1.18 bits per heavy atom. The van der Waals surface area contributed by atoms with Crippen molar-refractivity contribution in [1.82, 2.24) is 4.98 Å². The Morgan fingerprint density at radius 2 is 1.96 bits per heavy atom. The Labute approximate surface area is 161 Å². The highest BCUT2D eigenvalue weighted by molar-refractivity contribution is 7.14. The summed E-state index contributed by atoms with van der Waals surface area (Å²) in [7, 11) is 0. The molecule has 0 fully saturated rings. The van der Waals surface area contributed by atoms with E-state index >= 15 is 0 Å². The average Bonchev–Trinajstić information content (AvgIpc) is 3.16. The van der Waals surface area contributed by atoms with Gasteiger partial charge in [0, 0.05) is 22.9 Å². The molecule has 0 radical (unpaired) electrons. The van der Waals surface area contributed by atoms with Gasteiger partial charge in [0.1, 0.15) is 5.58 Å². The fourth-order valence-corrected chi connectivity index (χ4v) is 3.19. The molecule has 2 aromatic carbocycles. The summed E-state index contributed by atoms with van der Waals surface area (Å²) in [6, 6.07) is 15.0. The van der Waals surface area contributed by atoms with Crippen LogP contribution in [0.2, 0.25) is 0 Å². The number of benzene rings is 2. The lowest BCUT2D eigenvalue weighted by molar-refractivity contribution is -0.384. The van der Waals surface area contributed by atoms with E-state index in [1.807, 2.05) is 12.1 Å². The number of hydrazone groups is 1. The van der Waals surface area contributed by atoms with Crippen molar-refractivity contribution in [3.8, 4) is 11.3 Å². The monoisotopic (exact) mass is 392 g/mol. The fourth-order valence-electron chi connectivity index (χ4n) is 2.53. The number of nitrogens with zero attached hydrogens (tertiary/aromatic N) is 3. The number of non-ortho nitro benzene ring substituents is 1. The van der Waals surface area contributed by atoms with Gasteiger partial charge in [0.25, 0.3) is 5.69 Å². The van der Waals surface area contributed by atoms with E-state index in [-0.39, 0.29) is 5.69 Å². The highest BCUT2D eigenvalue weighted by atomic mass is 32.1. The first-order valence-electron chi connectivity index (χ1n) is 8.12. The van der Waals surface area contributed by atoms with Crippen molar-refractivity contribution in [2.24, 2.45) is 5.10 Å². The first kappa shape index (κ1) is 17.6. The Hall–Kier alpha value is -3.85. The van der Waals surface area contributed by atoms with Gasteiger partial charge in [-0.1, -0.05) is 18.2 Å². The largest absolute Gasteiger partial charge is 0.422 e. The number of rotatable bonds is 5. The van der Waals surface area contributed by atoms with Crippen molar-refractivity contribution >= 4 is 39.3 Å². The highest BCUT2D eigenvalue weighted by Gasteiger charge is 2.11. The molecule has 4 rings (SSSR count). The van der Waals surface area contributed by atoms with E-state index in [1.54, 1.807) is 35.7 Å². The van der Waals surface area contributed by atoms with Crippen LogP contribution in [0.5, 0.6) is 0 Å². The summed E-state index contributed by atoms with van der Waals surface area (Å²) in [5, 5.41) is 17.8. The number of nitrogens with one attached hydrogen (secondary N) is 1. The summed E-state index contributed by atoms with van der Waals surface area (Å²) in [4.78, 5) is 26.8. The fraction of sp³-hybridized carbons (Fsp3) is 0. The van der Waals surface area contributed by atoms with E-state index in [1.165, 1.54) is 29.7 Å². The third-order valence-electron chi connectivity index (χ3n) is 3.90. The van der Waals surface area contributed by atoms with Crippen molar-refractivity contribution < 1.29 is 9.34 Å². The Kier molecular flexibility index (Phi) is 4.65. The van der Waals surface area contributed by atoms with Crippen molar-refractivity contribution in [2.45, 2.75) is 0 Å². The molecule has 0 saturated heterocycles. The molecule has 8 nitrogen and oxygen atoms in total. The highest BCUT2D eigenvalue weighted by Crippen LogP contribution is 2.25. The van der Waals surface area contributed by atoms with Crippen LogP contribution in [0.3, 0.4) is 0 Å². The van der Waals surface area contributed by atoms with Crippen LogP contribution in [-0.2, 0) is 0 Å².